The highest BCUT2D eigenvalue weighted by Crippen LogP contribution is 2.29. The quantitative estimate of drug-likeness (QED) is 0.707. The standard InChI is InChI=1S/C12H16N2O2S2/c1-8(15)7-13-3-4-14-12(16)11-6-10-9(18-11)2-5-17-10/h2,5-6,8,13,15H,3-4,7H2,1H3,(H,14,16). The van der Waals surface area contributed by atoms with Gasteiger partial charge in [-0.15, -0.1) is 22.7 Å². The minimum absolute atomic E-state index is 0.0257. The first-order valence-corrected chi connectivity index (χ1v) is 7.50. The van der Waals surface area contributed by atoms with Crippen LogP contribution in [-0.2, 0) is 0 Å². The largest absolute Gasteiger partial charge is 0.392 e. The second kappa shape index (κ2) is 6.29. The molecule has 4 nitrogen and oxygen atoms in total. The predicted molar refractivity (Wildman–Crippen MR) is 76.6 cm³/mol. The van der Waals surface area contributed by atoms with Gasteiger partial charge in [-0.3, -0.25) is 4.79 Å². The van der Waals surface area contributed by atoms with Crippen molar-refractivity contribution in [2.75, 3.05) is 19.6 Å². The number of fused-ring (bicyclic) bond motifs is 1. The van der Waals surface area contributed by atoms with Crippen molar-refractivity contribution in [3.05, 3.63) is 22.4 Å². The molecule has 2 aromatic heterocycles. The molecule has 2 aromatic rings. The topological polar surface area (TPSA) is 61.4 Å². The van der Waals surface area contributed by atoms with E-state index >= 15 is 0 Å². The lowest BCUT2D eigenvalue weighted by molar-refractivity contribution is 0.0958. The van der Waals surface area contributed by atoms with Crippen LogP contribution in [0.25, 0.3) is 9.40 Å². The first kappa shape index (κ1) is 13.5. The van der Waals surface area contributed by atoms with Gasteiger partial charge in [0.05, 0.1) is 11.0 Å². The lowest BCUT2D eigenvalue weighted by atomic mass is 10.4. The summed E-state index contributed by atoms with van der Waals surface area (Å²) >= 11 is 3.17. The van der Waals surface area contributed by atoms with Gasteiger partial charge in [0.1, 0.15) is 0 Å². The molecule has 0 aliphatic carbocycles. The summed E-state index contributed by atoms with van der Waals surface area (Å²) in [5, 5.41) is 17.0. The first-order valence-electron chi connectivity index (χ1n) is 5.81. The normalized spacial score (nSPS) is 12.8. The molecule has 0 fully saturated rings. The average Bonchev–Trinajstić information content (AvgIpc) is 2.87. The Kier molecular flexibility index (Phi) is 4.71. The Morgan fingerprint density at radius 2 is 2.28 bits per heavy atom. The van der Waals surface area contributed by atoms with Gasteiger partial charge >= 0.3 is 0 Å². The van der Waals surface area contributed by atoms with Gasteiger partial charge in [0, 0.05) is 29.0 Å². The first-order chi connectivity index (χ1) is 8.66. The summed E-state index contributed by atoms with van der Waals surface area (Å²) in [6.45, 7) is 3.50. The minimum Gasteiger partial charge on any atom is -0.392 e. The maximum absolute atomic E-state index is 11.8. The Bertz CT molecular complexity index is 490. The fourth-order valence-corrected chi connectivity index (χ4v) is 3.57. The Hall–Kier alpha value is -0.950. The molecule has 0 aliphatic rings. The molecule has 0 saturated heterocycles. The maximum atomic E-state index is 11.8. The lowest BCUT2D eigenvalue weighted by Gasteiger charge is -2.07. The second-order valence-electron chi connectivity index (χ2n) is 4.07. The van der Waals surface area contributed by atoms with Gasteiger partial charge in [0.15, 0.2) is 0 Å². The van der Waals surface area contributed by atoms with Crippen molar-refractivity contribution in [3.63, 3.8) is 0 Å². The van der Waals surface area contributed by atoms with Crippen LogP contribution in [-0.4, -0.2) is 36.8 Å². The van der Waals surface area contributed by atoms with Crippen LogP contribution in [0.3, 0.4) is 0 Å². The zero-order valence-corrected chi connectivity index (χ0v) is 11.7. The number of thiophene rings is 2. The molecule has 0 bridgehead atoms. The van der Waals surface area contributed by atoms with Crippen molar-refractivity contribution in [2.24, 2.45) is 0 Å². The van der Waals surface area contributed by atoms with E-state index in [0.717, 1.165) is 14.3 Å². The van der Waals surface area contributed by atoms with Crippen molar-refractivity contribution in [1.29, 1.82) is 0 Å². The molecule has 3 N–H and O–H groups in total. The monoisotopic (exact) mass is 284 g/mol. The summed E-state index contributed by atoms with van der Waals surface area (Å²) in [6.07, 6.45) is -0.357. The van der Waals surface area contributed by atoms with E-state index in [0.29, 0.717) is 19.6 Å². The summed E-state index contributed by atoms with van der Waals surface area (Å²) < 4.78 is 2.33. The van der Waals surface area contributed by atoms with Crippen molar-refractivity contribution >= 4 is 38.0 Å². The van der Waals surface area contributed by atoms with Crippen molar-refractivity contribution in [3.8, 4) is 0 Å². The number of carbonyl (C=O) groups is 1. The molecular weight excluding hydrogens is 268 g/mol. The predicted octanol–water partition coefficient (Wildman–Crippen LogP) is 1.66. The zero-order chi connectivity index (χ0) is 13.0. The maximum Gasteiger partial charge on any atom is 0.261 e. The van der Waals surface area contributed by atoms with Gasteiger partial charge in [-0.05, 0) is 24.4 Å². The van der Waals surface area contributed by atoms with Crippen LogP contribution in [0.5, 0.6) is 0 Å². The van der Waals surface area contributed by atoms with Crippen LogP contribution in [0.4, 0.5) is 0 Å². The van der Waals surface area contributed by atoms with E-state index in [9.17, 15) is 4.79 Å². The number of carbonyl (C=O) groups excluding carboxylic acids is 1. The molecule has 1 unspecified atom stereocenters. The molecule has 1 atom stereocenters. The number of amides is 1. The van der Waals surface area contributed by atoms with E-state index in [1.54, 1.807) is 18.3 Å². The third-order valence-corrected chi connectivity index (χ3v) is 4.48. The Morgan fingerprint density at radius 1 is 1.44 bits per heavy atom. The molecule has 2 heterocycles. The third kappa shape index (κ3) is 3.52. The van der Waals surface area contributed by atoms with Gasteiger partial charge in [-0.1, -0.05) is 0 Å². The van der Waals surface area contributed by atoms with Crippen LogP contribution in [0, 0.1) is 0 Å². The second-order valence-corrected chi connectivity index (χ2v) is 6.10. The highest BCUT2D eigenvalue weighted by atomic mass is 32.1. The van der Waals surface area contributed by atoms with Gasteiger partial charge in [-0.25, -0.2) is 0 Å². The highest BCUT2D eigenvalue weighted by Gasteiger charge is 2.10. The lowest BCUT2D eigenvalue weighted by Crippen LogP contribution is -2.34. The number of aliphatic hydroxyl groups excluding tert-OH is 1. The molecule has 0 radical (unpaired) electrons. The molecule has 0 saturated carbocycles. The number of aliphatic hydroxyl groups is 1. The molecule has 0 aromatic carbocycles. The molecule has 98 valence electrons. The number of hydrogen-bond donors (Lipinski definition) is 3. The van der Waals surface area contributed by atoms with E-state index in [-0.39, 0.29) is 12.0 Å². The van der Waals surface area contributed by atoms with Gasteiger partial charge in [0.2, 0.25) is 0 Å². The molecule has 18 heavy (non-hydrogen) atoms. The van der Waals surface area contributed by atoms with Crippen molar-refractivity contribution in [1.82, 2.24) is 10.6 Å². The van der Waals surface area contributed by atoms with Crippen molar-refractivity contribution < 1.29 is 9.90 Å². The van der Waals surface area contributed by atoms with Crippen LogP contribution < -0.4 is 10.6 Å². The van der Waals surface area contributed by atoms with Crippen LogP contribution in [0.1, 0.15) is 16.6 Å². The molecule has 2 rings (SSSR count). The third-order valence-electron chi connectivity index (χ3n) is 2.39. The summed E-state index contributed by atoms with van der Waals surface area (Å²) in [5.74, 6) is -0.0257. The SMILES string of the molecule is CC(O)CNCCNC(=O)c1cc2sccc2s1. The summed E-state index contributed by atoms with van der Waals surface area (Å²) in [5.41, 5.74) is 0. The number of hydrogen-bond acceptors (Lipinski definition) is 5. The van der Waals surface area contributed by atoms with E-state index < -0.39 is 0 Å². The Balaban J connectivity index is 1.76. The van der Waals surface area contributed by atoms with Crippen LogP contribution in [0.15, 0.2) is 17.5 Å². The Morgan fingerprint density at radius 3 is 3.00 bits per heavy atom. The fourth-order valence-electron chi connectivity index (χ4n) is 1.54. The molecule has 6 heteroatoms. The molecule has 0 spiro atoms. The van der Waals surface area contributed by atoms with Crippen LogP contribution >= 0.6 is 22.7 Å². The van der Waals surface area contributed by atoms with Gasteiger partial charge in [0.25, 0.3) is 5.91 Å². The zero-order valence-electron chi connectivity index (χ0n) is 10.1. The molecular formula is C12H16N2O2S2. The smallest absolute Gasteiger partial charge is 0.261 e. The van der Waals surface area contributed by atoms with Gasteiger partial charge in [-0.2, -0.15) is 0 Å². The molecule has 0 aliphatic heterocycles. The minimum atomic E-state index is -0.357. The van der Waals surface area contributed by atoms with Gasteiger partial charge < -0.3 is 15.7 Å². The fraction of sp³-hybridized carbons (Fsp3) is 0.417. The van der Waals surface area contributed by atoms with E-state index in [2.05, 4.69) is 10.6 Å². The molecule has 1 amide bonds. The van der Waals surface area contributed by atoms with E-state index in [4.69, 9.17) is 5.11 Å². The van der Waals surface area contributed by atoms with E-state index in [1.165, 1.54) is 11.3 Å². The highest BCUT2D eigenvalue weighted by molar-refractivity contribution is 7.27. The van der Waals surface area contributed by atoms with Crippen LogP contribution in [0.2, 0.25) is 0 Å². The summed E-state index contributed by atoms with van der Waals surface area (Å²) in [7, 11) is 0. The van der Waals surface area contributed by atoms with Crippen molar-refractivity contribution in [2.45, 2.75) is 13.0 Å². The van der Waals surface area contributed by atoms with E-state index in [1.807, 2.05) is 17.5 Å². The Labute approximate surface area is 114 Å². The summed E-state index contributed by atoms with van der Waals surface area (Å²) in [6, 6.07) is 3.97. The number of nitrogens with one attached hydrogen (secondary N) is 2. The number of rotatable bonds is 6. The summed E-state index contributed by atoms with van der Waals surface area (Å²) in [4.78, 5) is 12.6. The average molecular weight is 284 g/mol.